The summed E-state index contributed by atoms with van der Waals surface area (Å²) in [6.07, 6.45) is -5.85. The number of rotatable bonds is 1. The second-order valence-electron chi connectivity index (χ2n) is 1.96. The molecule has 0 saturated heterocycles. The summed E-state index contributed by atoms with van der Waals surface area (Å²) in [6.45, 7) is 0. The lowest BCUT2D eigenvalue weighted by atomic mass is 10.4. The molecular weight excluding hydrogens is 193 g/mol. The van der Waals surface area contributed by atoms with Gasteiger partial charge in [0.05, 0.1) is 6.20 Å². The summed E-state index contributed by atoms with van der Waals surface area (Å²) in [5.41, 5.74) is -1.39. The van der Waals surface area contributed by atoms with Crippen molar-refractivity contribution >= 4 is 6.16 Å². The first-order chi connectivity index (χ1) is 5.91. The Morgan fingerprint density at radius 1 is 1.62 bits per heavy atom. The molecule has 0 saturated carbocycles. The van der Waals surface area contributed by atoms with Crippen LogP contribution >= 0.6 is 0 Å². The van der Waals surface area contributed by atoms with E-state index in [4.69, 9.17) is 5.11 Å². The van der Waals surface area contributed by atoms with Crippen LogP contribution in [0.3, 0.4) is 0 Å². The van der Waals surface area contributed by atoms with E-state index in [9.17, 15) is 18.0 Å². The number of carbonyl (C=O) groups is 1. The highest BCUT2D eigenvalue weighted by atomic mass is 19.4. The average Bonchev–Trinajstić information content (AvgIpc) is 2.31. The van der Waals surface area contributed by atoms with Gasteiger partial charge in [0, 0.05) is 0 Å². The number of aromatic nitrogens is 2. The van der Waals surface area contributed by atoms with Crippen molar-refractivity contribution in [3.05, 3.63) is 11.9 Å². The lowest BCUT2D eigenvalue weighted by Gasteiger charge is -2.03. The molecular formula is C5H3F3N2O3. The summed E-state index contributed by atoms with van der Waals surface area (Å²) in [4.78, 5) is 9.91. The molecule has 1 heterocycles. The standard InChI is InChI=1S/C5H3F3N2O3/c6-5(7,8)3-2(1-9-10-3)13-4(11)12/h1H,(H,9,10)(H,11,12). The van der Waals surface area contributed by atoms with Crippen LogP contribution in [0, 0.1) is 0 Å². The zero-order chi connectivity index (χ0) is 10.1. The van der Waals surface area contributed by atoms with Gasteiger partial charge in [-0.25, -0.2) is 4.79 Å². The summed E-state index contributed by atoms with van der Waals surface area (Å²) in [7, 11) is 0. The molecule has 2 N–H and O–H groups in total. The second-order valence-corrected chi connectivity index (χ2v) is 1.96. The number of H-pyrrole nitrogens is 1. The summed E-state index contributed by atoms with van der Waals surface area (Å²) in [6, 6.07) is 0. The topological polar surface area (TPSA) is 75.2 Å². The number of nitrogens with zero attached hydrogens (tertiary/aromatic N) is 1. The van der Waals surface area contributed by atoms with Crippen molar-refractivity contribution in [1.82, 2.24) is 10.2 Å². The first kappa shape index (κ1) is 9.36. The van der Waals surface area contributed by atoms with Gasteiger partial charge in [-0.05, 0) is 0 Å². The van der Waals surface area contributed by atoms with E-state index in [-0.39, 0.29) is 0 Å². The molecule has 0 aliphatic heterocycles. The fraction of sp³-hybridized carbons (Fsp3) is 0.200. The maximum absolute atomic E-state index is 12.0. The van der Waals surface area contributed by atoms with Gasteiger partial charge in [-0.1, -0.05) is 0 Å². The Morgan fingerprint density at radius 3 is 2.69 bits per heavy atom. The quantitative estimate of drug-likeness (QED) is 0.667. The molecule has 1 aromatic rings. The highest BCUT2D eigenvalue weighted by Gasteiger charge is 2.38. The fourth-order valence-electron chi connectivity index (χ4n) is 0.654. The van der Waals surface area contributed by atoms with Crippen molar-refractivity contribution < 1.29 is 27.8 Å². The maximum atomic E-state index is 12.0. The van der Waals surface area contributed by atoms with Crippen LogP contribution in [0.15, 0.2) is 6.20 Å². The van der Waals surface area contributed by atoms with Crippen LogP contribution < -0.4 is 4.74 Å². The molecule has 72 valence electrons. The summed E-state index contributed by atoms with van der Waals surface area (Å²) in [5, 5.41) is 12.7. The molecule has 0 aromatic carbocycles. The van der Waals surface area contributed by atoms with E-state index in [2.05, 4.69) is 9.84 Å². The van der Waals surface area contributed by atoms with E-state index in [0.29, 0.717) is 6.20 Å². The largest absolute Gasteiger partial charge is 0.511 e. The minimum absolute atomic E-state index is 0.705. The molecule has 1 aromatic heterocycles. The normalized spacial score (nSPS) is 11.3. The molecule has 0 unspecified atom stereocenters. The number of hydrogen-bond donors (Lipinski definition) is 2. The fourth-order valence-corrected chi connectivity index (χ4v) is 0.654. The van der Waals surface area contributed by atoms with E-state index in [1.54, 1.807) is 0 Å². The van der Waals surface area contributed by atoms with Crippen LogP contribution in [-0.4, -0.2) is 21.5 Å². The third-order valence-electron chi connectivity index (χ3n) is 1.07. The van der Waals surface area contributed by atoms with Gasteiger partial charge in [-0.3, -0.25) is 5.10 Å². The van der Waals surface area contributed by atoms with E-state index in [1.807, 2.05) is 5.10 Å². The third-order valence-corrected chi connectivity index (χ3v) is 1.07. The van der Waals surface area contributed by atoms with Crippen LogP contribution in [0.4, 0.5) is 18.0 Å². The predicted molar refractivity (Wildman–Crippen MR) is 32.2 cm³/mol. The molecule has 0 aliphatic rings. The predicted octanol–water partition coefficient (Wildman–Crippen LogP) is 1.49. The Kier molecular flexibility index (Phi) is 2.13. The molecule has 13 heavy (non-hydrogen) atoms. The Hall–Kier alpha value is -1.73. The molecule has 0 amide bonds. The zero-order valence-electron chi connectivity index (χ0n) is 5.92. The van der Waals surface area contributed by atoms with Crippen molar-refractivity contribution in [1.29, 1.82) is 0 Å². The first-order valence-corrected chi connectivity index (χ1v) is 2.93. The molecule has 8 heteroatoms. The monoisotopic (exact) mass is 196 g/mol. The minimum atomic E-state index is -4.73. The number of alkyl halides is 3. The van der Waals surface area contributed by atoms with Crippen molar-refractivity contribution in [2.24, 2.45) is 0 Å². The van der Waals surface area contributed by atoms with Crippen molar-refractivity contribution in [3.8, 4) is 5.75 Å². The molecule has 5 nitrogen and oxygen atoms in total. The highest BCUT2D eigenvalue weighted by Crippen LogP contribution is 2.33. The third kappa shape index (κ3) is 2.10. The van der Waals surface area contributed by atoms with E-state index in [1.165, 1.54) is 0 Å². The summed E-state index contributed by atoms with van der Waals surface area (Å²) in [5.74, 6) is -0.861. The van der Waals surface area contributed by atoms with Gasteiger partial charge in [-0.2, -0.15) is 18.3 Å². The average molecular weight is 196 g/mol. The summed E-state index contributed by atoms with van der Waals surface area (Å²) < 4.78 is 39.7. The van der Waals surface area contributed by atoms with Crippen molar-refractivity contribution in [2.45, 2.75) is 6.18 Å². The number of halogens is 3. The minimum Gasteiger partial charge on any atom is -0.449 e. The molecule has 1 rings (SSSR count). The van der Waals surface area contributed by atoms with Crippen molar-refractivity contribution in [2.75, 3.05) is 0 Å². The Balaban J connectivity index is 2.96. The number of carboxylic acid groups (broad SMARTS) is 1. The van der Waals surface area contributed by atoms with Crippen LogP contribution in [0.5, 0.6) is 5.75 Å². The van der Waals surface area contributed by atoms with E-state index >= 15 is 0 Å². The van der Waals surface area contributed by atoms with Crippen LogP contribution in [0.2, 0.25) is 0 Å². The maximum Gasteiger partial charge on any atom is 0.511 e. The molecule has 0 bridgehead atoms. The zero-order valence-corrected chi connectivity index (χ0v) is 5.92. The SMILES string of the molecule is O=C(O)Oc1c[nH]nc1C(F)(F)F. The highest BCUT2D eigenvalue weighted by molar-refractivity contribution is 5.61. The van der Waals surface area contributed by atoms with E-state index < -0.39 is 23.8 Å². The Bertz CT molecular complexity index is 319. The lowest BCUT2D eigenvalue weighted by Crippen LogP contribution is -2.11. The first-order valence-electron chi connectivity index (χ1n) is 2.93. The summed E-state index contributed by atoms with van der Waals surface area (Å²) >= 11 is 0. The number of aromatic amines is 1. The number of hydrogen-bond acceptors (Lipinski definition) is 3. The van der Waals surface area contributed by atoms with Gasteiger partial charge in [0.2, 0.25) is 5.69 Å². The molecule has 0 atom stereocenters. The second kappa shape index (κ2) is 2.96. The Morgan fingerprint density at radius 2 is 2.23 bits per heavy atom. The van der Waals surface area contributed by atoms with Gasteiger partial charge >= 0.3 is 12.3 Å². The molecule has 0 fully saturated rings. The number of nitrogens with one attached hydrogen (secondary N) is 1. The van der Waals surface area contributed by atoms with Gasteiger partial charge < -0.3 is 9.84 Å². The smallest absolute Gasteiger partial charge is 0.449 e. The van der Waals surface area contributed by atoms with E-state index in [0.717, 1.165) is 0 Å². The number of ether oxygens (including phenoxy) is 1. The van der Waals surface area contributed by atoms with Gasteiger partial charge in [0.25, 0.3) is 0 Å². The molecule has 0 spiro atoms. The van der Waals surface area contributed by atoms with Crippen LogP contribution in [0.1, 0.15) is 5.69 Å². The van der Waals surface area contributed by atoms with Crippen LogP contribution in [0.25, 0.3) is 0 Å². The molecule has 0 aliphatic carbocycles. The molecule has 0 radical (unpaired) electrons. The lowest BCUT2D eigenvalue weighted by molar-refractivity contribution is -0.142. The van der Waals surface area contributed by atoms with Gasteiger partial charge in [0.1, 0.15) is 0 Å². The van der Waals surface area contributed by atoms with Gasteiger partial charge in [0.15, 0.2) is 5.75 Å². The Labute approximate surface area is 69.1 Å². The van der Waals surface area contributed by atoms with Gasteiger partial charge in [-0.15, -0.1) is 0 Å². The van der Waals surface area contributed by atoms with Crippen LogP contribution in [-0.2, 0) is 6.18 Å². The van der Waals surface area contributed by atoms with Crippen molar-refractivity contribution in [3.63, 3.8) is 0 Å².